The molecule has 1 aliphatic rings. The van der Waals surface area contributed by atoms with E-state index in [2.05, 4.69) is 10.6 Å². The number of nitrogens with two attached hydrogens (primary N) is 1. The molecule has 0 saturated carbocycles. The van der Waals surface area contributed by atoms with E-state index in [9.17, 15) is 9.59 Å². The van der Waals surface area contributed by atoms with Crippen molar-refractivity contribution in [3.63, 3.8) is 0 Å². The molecule has 0 aromatic carbocycles. The van der Waals surface area contributed by atoms with Gasteiger partial charge < -0.3 is 16.4 Å². The van der Waals surface area contributed by atoms with Gasteiger partial charge >= 0.3 is 0 Å². The van der Waals surface area contributed by atoms with Crippen LogP contribution < -0.4 is 16.4 Å². The third-order valence-corrected chi connectivity index (χ3v) is 2.60. The molecule has 86 valence electrons. The molecule has 1 fully saturated rings. The topological polar surface area (TPSA) is 84.2 Å². The maximum absolute atomic E-state index is 11.5. The zero-order chi connectivity index (χ0) is 11.3. The lowest BCUT2D eigenvalue weighted by Gasteiger charge is -2.23. The van der Waals surface area contributed by atoms with Crippen LogP contribution >= 0.6 is 0 Å². The van der Waals surface area contributed by atoms with Crippen LogP contribution in [0.5, 0.6) is 0 Å². The normalized spacial score (nSPS) is 23.1. The lowest BCUT2D eigenvalue weighted by Crippen LogP contribution is -2.48. The largest absolute Gasteiger partial charge is 0.354 e. The molecular formula is C10H19N3O2. The Kier molecular flexibility index (Phi) is 4.55. The van der Waals surface area contributed by atoms with Gasteiger partial charge in [-0.3, -0.25) is 9.59 Å². The Hall–Kier alpha value is -1.10. The van der Waals surface area contributed by atoms with Crippen molar-refractivity contribution < 1.29 is 9.59 Å². The molecule has 0 aliphatic carbocycles. The molecule has 0 aromatic rings. The fraction of sp³-hybridized carbons (Fsp3) is 0.800. The third-order valence-electron chi connectivity index (χ3n) is 2.60. The van der Waals surface area contributed by atoms with Gasteiger partial charge in [0.15, 0.2) is 0 Å². The van der Waals surface area contributed by atoms with Crippen molar-refractivity contribution in [2.45, 2.75) is 44.7 Å². The Morgan fingerprint density at radius 2 is 2.47 bits per heavy atom. The highest BCUT2D eigenvalue weighted by Crippen LogP contribution is 2.03. The number of nitrogens with one attached hydrogen (secondary N) is 2. The fourth-order valence-corrected chi connectivity index (χ4v) is 1.53. The van der Waals surface area contributed by atoms with Crippen LogP contribution in [-0.2, 0) is 9.59 Å². The summed E-state index contributed by atoms with van der Waals surface area (Å²) in [7, 11) is 0. The average Bonchev–Trinajstić information content (AvgIpc) is 2.21. The van der Waals surface area contributed by atoms with E-state index in [4.69, 9.17) is 5.73 Å². The maximum Gasteiger partial charge on any atom is 0.221 e. The number of carbonyl (C=O) groups is 2. The summed E-state index contributed by atoms with van der Waals surface area (Å²) in [5, 5.41) is 5.59. The van der Waals surface area contributed by atoms with Crippen LogP contribution in [0, 0.1) is 0 Å². The quantitative estimate of drug-likeness (QED) is 0.589. The van der Waals surface area contributed by atoms with Gasteiger partial charge in [-0.2, -0.15) is 0 Å². The molecule has 1 aliphatic heterocycles. The molecule has 0 aromatic heterocycles. The molecule has 5 nitrogen and oxygen atoms in total. The summed E-state index contributed by atoms with van der Waals surface area (Å²) >= 11 is 0. The van der Waals surface area contributed by atoms with Crippen LogP contribution in [0.3, 0.4) is 0 Å². The van der Waals surface area contributed by atoms with Crippen LogP contribution in [0.1, 0.15) is 32.6 Å². The number of carbonyl (C=O) groups excluding carboxylic acids is 2. The molecule has 1 saturated heterocycles. The zero-order valence-electron chi connectivity index (χ0n) is 9.08. The first kappa shape index (κ1) is 12.0. The molecule has 0 radical (unpaired) electrons. The van der Waals surface area contributed by atoms with Gasteiger partial charge in [0.05, 0.1) is 0 Å². The molecule has 15 heavy (non-hydrogen) atoms. The second kappa shape index (κ2) is 5.70. The molecule has 1 heterocycles. The van der Waals surface area contributed by atoms with Crippen molar-refractivity contribution >= 4 is 11.8 Å². The number of piperidine rings is 1. The van der Waals surface area contributed by atoms with E-state index in [0.717, 1.165) is 12.8 Å². The molecule has 5 heteroatoms. The van der Waals surface area contributed by atoms with E-state index in [-0.39, 0.29) is 23.9 Å². The lowest BCUT2D eigenvalue weighted by atomic mass is 10.1. The van der Waals surface area contributed by atoms with Crippen molar-refractivity contribution in [2.75, 3.05) is 6.54 Å². The number of rotatable bonds is 4. The third kappa shape index (κ3) is 4.29. The minimum Gasteiger partial charge on any atom is -0.354 e. The number of amides is 2. The van der Waals surface area contributed by atoms with Gasteiger partial charge in [0.25, 0.3) is 0 Å². The molecule has 2 atom stereocenters. The minimum atomic E-state index is -0.0665. The van der Waals surface area contributed by atoms with E-state index in [1.165, 1.54) is 0 Å². The van der Waals surface area contributed by atoms with Gasteiger partial charge in [0.2, 0.25) is 11.8 Å². The lowest BCUT2D eigenvalue weighted by molar-refractivity contribution is -0.125. The van der Waals surface area contributed by atoms with Crippen molar-refractivity contribution in [3.8, 4) is 0 Å². The standard InChI is InChI=1S/C10H19N3O2/c1-2-7(11)5-10(15)13-8-3-4-9(14)12-6-8/h7-8H,2-6,11H2,1H3,(H,12,14)(H,13,15). The first-order chi connectivity index (χ1) is 7.11. The van der Waals surface area contributed by atoms with E-state index in [1.807, 2.05) is 6.92 Å². The van der Waals surface area contributed by atoms with Gasteiger partial charge in [0.1, 0.15) is 0 Å². The second-order valence-electron chi connectivity index (χ2n) is 3.98. The van der Waals surface area contributed by atoms with Crippen molar-refractivity contribution in [3.05, 3.63) is 0 Å². The number of hydrogen-bond donors (Lipinski definition) is 3. The van der Waals surface area contributed by atoms with Crippen LogP contribution in [0.25, 0.3) is 0 Å². The monoisotopic (exact) mass is 213 g/mol. The van der Waals surface area contributed by atoms with E-state index in [1.54, 1.807) is 0 Å². The Labute approximate surface area is 89.8 Å². The predicted octanol–water partition coefficient (Wildman–Crippen LogP) is -0.491. The van der Waals surface area contributed by atoms with Gasteiger partial charge in [-0.1, -0.05) is 6.92 Å². The molecule has 2 unspecified atom stereocenters. The molecule has 4 N–H and O–H groups in total. The predicted molar refractivity (Wildman–Crippen MR) is 57.1 cm³/mol. The molecule has 0 spiro atoms. The highest BCUT2D eigenvalue weighted by atomic mass is 16.2. The van der Waals surface area contributed by atoms with Crippen molar-refractivity contribution in [1.82, 2.24) is 10.6 Å². The Bertz CT molecular complexity index is 233. The SMILES string of the molecule is CCC(N)CC(=O)NC1CCC(=O)NC1. The molecule has 1 rings (SSSR count). The van der Waals surface area contributed by atoms with Gasteiger partial charge in [-0.25, -0.2) is 0 Å². The summed E-state index contributed by atoms with van der Waals surface area (Å²) in [6.45, 7) is 2.49. The Balaban J connectivity index is 2.23. The zero-order valence-corrected chi connectivity index (χ0v) is 9.08. The second-order valence-corrected chi connectivity index (χ2v) is 3.98. The Morgan fingerprint density at radius 3 is 3.00 bits per heavy atom. The summed E-state index contributed by atoms with van der Waals surface area (Å²) in [5.41, 5.74) is 5.67. The van der Waals surface area contributed by atoms with Gasteiger partial charge in [0, 0.05) is 31.5 Å². The summed E-state index contributed by atoms with van der Waals surface area (Å²) < 4.78 is 0. The molecular weight excluding hydrogens is 194 g/mol. The van der Waals surface area contributed by atoms with Crippen molar-refractivity contribution in [1.29, 1.82) is 0 Å². The Morgan fingerprint density at radius 1 is 1.73 bits per heavy atom. The highest BCUT2D eigenvalue weighted by Gasteiger charge is 2.19. The first-order valence-electron chi connectivity index (χ1n) is 5.43. The summed E-state index contributed by atoms with van der Waals surface area (Å²) in [6, 6.07) is 0.00226. The highest BCUT2D eigenvalue weighted by molar-refractivity contribution is 5.79. The summed E-state index contributed by atoms with van der Waals surface area (Å²) in [4.78, 5) is 22.3. The summed E-state index contributed by atoms with van der Waals surface area (Å²) in [5.74, 6) is 0.0382. The maximum atomic E-state index is 11.5. The van der Waals surface area contributed by atoms with Crippen molar-refractivity contribution in [2.24, 2.45) is 5.73 Å². The first-order valence-corrected chi connectivity index (χ1v) is 5.43. The molecule has 0 bridgehead atoms. The van der Waals surface area contributed by atoms with E-state index in [0.29, 0.717) is 19.4 Å². The van der Waals surface area contributed by atoms with Crippen LogP contribution in [0.15, 0.2) is 0 Å². The van der Waals surface area contributed by atoms with Gasteiger partial charge in [-0.05, 0) is 12.8 Å². The fourth-order valence-electron chi connectivity index (χ4n) is 1.53. The minimum absolute atomic E-state index is 0.0227. The smallest absolute Gasteiger partial charge is 0.221 e. The van der Waals surface area contributed by atoms with E-state index < -0.39 is 0 Å². The van der Waals surface area contributed by atoms with Crippen LogP contribution in [0.2, 0.25) is 0 Å². The van der Waals surface area contributed by atoms with Crippen LogP contribution in [0.4, 0.5) is 0 Å². The summed E-state index contributed by atoms with van der Waals surface area (Å²) in [6.07, 6.45) is 2.37. The molecule has 2 amide bonds. The number of hydrogen-bond acceptors (Lipinski definition) is 3. The average molecular weight is 213 g/mol. The van der Waals surface area contributed by atoms with Gasteiger partial charge in [-0.15, -0.1) is 0 Å². The van der Waals surface area contributed by atoms with Crippen LogP contribution in [-0.4, -0.2) is 30.4 Å². The van der Waals surface area contributed by atoms with E-state index >= 15 is 0 Å².